The Morgan fingerprint density at radius 2 is 1.36 bits per heavy atom. The third kappa shape index (κ3) is 12.6. The number of hydrogen-bond donors (Lipinski definition) is 9. The van der Waals surface area contributed by atoms with Gasteiger partial charge in [-0.15, -0.1) is 0 Å². The largest absolute Gasteiger partial charge is 0.481 e. The van der Waals surface area contributed by atoms with Gasteiger partial charge >= 0.3 is 11.9 Å². The smallest absolute Gasteiger partial charge is 0.327 e. The van der Waals surface area contributed by atoms with E-state index in [9.17, 15) is 28.8 Å². The van der Waals surface area contributed by atoms with E-state index in [0.717, 1.165) is 0 Å². The lowest BCUT2D eigenvalue weighted by molar-refractivity contribution is -0.143. The molecule has 0 bridgehead atoms. The predicted molar refractivity (Wildman–Crippen MR) is 119 cm³/mol. The average molecular weight is 493 g/mol. The summed E-state index contributed by atoms with van der Waals surface area (Å²) in [7, 11) is 0. The van der Waals surface area contributed by atoms with E-state index in [1.54, 1.807) is 0 Å². The summed E-state index contributed by atoms with van der Waals surface area (Å²) in [4.78, 5) is 70.9. The fourth-order valence-corrected chi connectivity index (χ4v) is 2.84. The van der Waals surface area contributed by atoms with Crippen molar-refractivity contribution in [1.82, 2.24) is 16.0 Å². The molecule has 0 heterocycles. The molecule has 15 heteroatoms. The quantitative estimate of drug-likeness (QED) is 0.0719. The highest BCUT2D eigenvalue weighted by Gasteiger charge is 2.31. The van der Waals surface area contributed by atoms with Crippen molar-refractivity contribution < 1.29 is 39.0 Å². The van der Waals surface area contributed by atoms with Crippen molar-refractivity contribution in [3.63, 3.8) is 0 Å². The van der Waals surface area contributed by atoms with Crippen LogP contribution < -0.4 is 33.2 Å². The minimum atomic E-state index is -1.58. The van der Waals surface area contributed by atoms with Crippen LogP contribution >= 0.6 is 12.6 Å². The zero-order valence-electron chi connectivity index (χ0n) is 18.0. The lowest BCUT2D eigenvalue weighted by atomic mass is 10.1. The minimum absolute atomic E-state index is 0.253. The maximum atomic E-state index is 12.7. The van der Waals surface area contributed by atoms with Gasteiger partial charge in [-0.1, -0.05) is 6.42 Å². The summed E-state index contributed by atoms with van der Waals surface area (Å²) in [6, 6.07) is -5.41. The number of carboxylic acids is 2. The van der Waals surface area contributed by atoms with Crippen LogP contribution in [0.15, 0.2) is 0 Å². The van der Waals surface area contributed by atoms with Gasteiger partial charge in [-0.3, -0.25) is 24.0 Å². The van der Waals surface area contributed by atoms with E-state index in [4.69, 9.17) is 27.4 Å². The van der Waals surface area contributed by atoms with Crippen molar-refractivity contribution in [2.24, 2.45) is 17.2 Å². The standard InChI is InChI=1S/C18H32N6O8S/c19-6-2-1-3-9(20)15(28)23-11(7-14(26)27)17(30)22-10(4-5-13(21)25)16(29)24-12(8-33)18(31)32/h9-12,33H,1-8,19-20H2,(H2,21,25)(H,22,30)(H,23,28)(H,24,29)(H,26,27)(H,31,32). The molecule has 11 N–H and O–H groups in total. The van der Waals surface area contributed by atoms with Crippen LogP contribution in [0.25, 0.3) is 0 Å². The number of nitrogens with two attached hydrogens (primary N) is 3. The average Bonchev–Trinajstić information content (AvgIpc) is 2.73. The number of unbranched alkanes of at least 4 members (excludes halogenated alkanes) is 1. The maximum absolute atomic E-state index is 12.7. The van der Waals surface area contributed by atoms with Gasteiger partial charge in [0.15, 0.2) is 0 Å². The number of nitrogens with one attached hydrogen (secondary N) is 3. The molecular formula is C18H32N6O8S. The van der Waals surface area contributed by atoms with Crippen LogP contribution in [0.4, 0.5) is 0 Å². The van der Waals surface area contributed by atoms with Crippen molar-refractivity contribution >= 4 is 48.2 Å². The Bertz CT molecular complexity index is 722. The number of carbonyl (C=O) groups is 6. The number of hydrogen-bond acceptors (Lipinski definition) is 9. The van der Waals surface area contributed by atoms with Crippen LogP contribution in [0.3, 0.4) is 0 Å². The minimum Gasteiger partial charge on any atom is -0.481 e. The normalized spacial score (nSPS) is 14.3. The summed E-state index contributed by atoms with van der Waals surface area (Å²) >= 11 is 3.82. The van der Waals surface area contributed by atoms with Crippen LogP contribution in [0, 0.1) is 0 Å². The third-order valence-electron chi connectivity index (χ3n) is 4.43. The Morgan fingerprint density at radius 3 is 1.85 bits per heavy atom. The molecule has 0 fully saturated rings. The molecule has 0 radical (unpaired) electrons. The Balaban J connectivity index is 5.41. The van der Waals surface area contributed by atoms with Crippen molar-refractivity contribution in [3.8, 4) is 0 Å². The molecule has 0 aliphatic rings. The number of rotatable bonds is 17. The number of carboxylic acid groups (broad SMARTS) is 2. The van der Waals surface area contributed by atoms with Gasteiger partial charge in [0.05, 0.1) is 12.5 Å². The highest BCUT2D eigenvalue weighted by Crippen LogP contribution is 2.04. The van der Waals surface area contributed by atoms with Crippen molar-refractivity contribution in [3.05, 3.63) is 0 Å². The first-order valence-corrected chi connectivity index (χ1v) is 10.8. The number of thiol groups is 1. The number of aliphatic carboxylic acids is 2. The molecule has 14 nitrogen and oxygen atoms in total. The molecule has 33 heavy (non-hydrogen) atoms. The van der Waals surface area contributed by atoms with Gasteiger partial charge in [-0.25, -0.2) is 4.79 Å². The second kappa shape index (κ2) is 15.8. The number of carbonyl (C=O) groups excluding carboxylic acids is 4. The van der Waals surface area contributed by atoms with Crippen LogP contribution in [-0.2, 0) is 28.8 Å². The second-order valence-electron chi connectivity index (χ2n) is 7.20. The molecule has 0 rings (SSSR count). The van der Waals surface area contributed by atoms with Gasteiger partial charge < -0.3 is 43.4 Å². The summed E-state index contributed by atoms with van der Waals surface area (Å²) in [6.45, 7) is 0.406. The van der Waals surface area contributed by atoms with E-state index in [0.29, 0.717) is 19.4 Å². The van der Waals surface area contributed by atoms with Gasteiger partial charge in [-0.2, -0.15) is 12.6 Å². The molecule has 0 saturated heterocycles. The molecule has 4 amide bonds. The van der Waals surface area contributed by atoms with E-state index in [2.05, 4.69) is 28.6 Å². The molecule has 4 unspecified atom stereocenters. The highest BCUT2D eigenvalue weighted by atomic mass is 32.1. The van der Waals surface area contributed by atoms with Crippen molar-refractivity contribution in [2.75, 3.05) is 12.3 Å². The van der Waals surface area contributed by atoms with Gasteiger partial charge in [0.25, 0.3) is 0 Å². The molecule has 0 aliphatic heterocycles. The van der Waals surface area contributed by atoms with Crippen LogP contribution in [0.5, 0.6) is 0 Å². The molecule has 4 atom stereocenters. The Hall–Kier alpha value is -2.91. The maximum Gasteiger partial charge on any atom is 0.327 e. The summed E-state index contributed by atoms with van der Waals surface area (Å²) in [5.74, 6) is -6.59. The first-order valence-electron chi connectivity index (χ1n) is 10.1. The molecular weight excluding hydrogens is 460 g/mol. The Kier molecular flexibility index (Phi) is 14.4. The van der Waals surface area contributed by atoms with Crippen LogP contribution in [0.2, 0.25) is 0 Å². The van der Waals surface area contributed by atoms with E-state index in [1.807, 2.05) is 0 Å². The Labute approximate surface area is 195 Å². The van der Waals surface area contributed by atoms with Gasteiger partial charge in [0.2, 0.25) is 23.6 Å². The topological polar surface area (TPSA) is 257 Å². The molecule has 0 aromatic carbocycles. The lowest BCUT2D eigenvalue weighted by Crippen LogP contribution is -2.57. The zero-order valence-corrected chi connectivity index (χ0v) is 18.9. The number of amides is 4. The fourth-order valence-electron chi connectivity index (χ4n) is 2.59. The summed E-state index contributed by atoms with van der Waals surface area (Å²) in [6.07, 6.45) is -0.0103. The summed E-state index contributed by atoms with van der Waals surface area (Å²) in [5, 5.41) is 24.8. The third-order valence-corrected chi connectivity index (χ3v) is 4.79. The van der Waals surface area contributed by atoms with Gasteiger partial charge in [-0.05, 0) is 25.8 Å². The molecule has 0 spiro atoms. The summed E-state index contributed by atoms with van der Waals surface area (Å²) < 4.78 is 0. The van der Waals surface area contributed by atoms with Gasteiger partial charge in [0, 0.05) is 12.2 Å². The van der Waals surface area contributed by atoms with Crippen LogP contribution in [0.1, 0.15) is 38.5 Å². The SMILES string of the molecule is NCCCCC(N)C(=O)NC(CC(=O)O)C(=O)NC(CCC(N)=O)C(=O)NC(CS)C(=O)O. The Morgan fingerprint density at radius 1 is 0.818 bits per heavy atom. The van der Waals surface area contributed by atoms with Crippen LogP contribution in [-0.4, -0.2) is 82.2 Å². The van der Waals surface area contributed by atoms with Crippen molar-refractivity contribution in [1.29, 1.82) is 0 Å². The molecule has 0 saturated carbocycles. The zero-order chi connectivity index (χ0) is 25.6. The summed E-state index contributed by atoms with van der Waals surface area (Å²) in [5.41, 5.74) is 16.2. The van der Waals surface area contributed by atoms with E-state index in [1.165, 1.54) is 0 Å². The lowest BCUT2D eigenvalue weighted by Gasteiger charge is -2.24. The van der Waals surface area contributed by atoms with E-state index >= 15 is 0 Å². The van der Waals surface area contributed by atoms with Gasteiger partial charge in [0.1, 0.15) is 18.1 Å². The molecule has 0 aliphatic carbocycles. The van der Waals surface area contributed by atoms with Crippen molar-refractivity contribution in [2.45, 2.75) is 62.7 Å². The fraction of sp³-hybridized carbons (Fsp3) is 0.667. The number of primary amides is 1. The highest BCUT2D eigenvalue weighted by molar-refractivity contribution is 7.80. The second-order valence-corrected chi connectivity index (χ2v) is 7.56. The predicted octanol–water partition coefficient (Wildman–Crippen LogP) is -3.35. The molecule has 0 aromatic rings. The van der Waals surface area contributed by atoms with E-state index < -0.39 is 66.2 Å². The monoisotopic (exact) mass is 492 g/mol. The molecule has 0 aromatic heterocycles. The first-order chi connectivity index (χ1) is 15.4. The van der Waals surface area contributed by atoms with E-state index in [-0.39, 0.29) is 25.0 Å². The first kappa shape index (κ1) is 30.1. The molecule has 188 valence electrons.